The maximum absolute atomic E-state index is 13.0. The summed E-state index contributed by atoms with van der Waals surface area (Å²) < 4.78 is 1.30. The van der Waals surface area contributed by atoms with E-state index in [9.17, 15) is 9.59 Å². The van der Waals surface area contributed by atoms with Crippen LogP contribution >= 0.6 is 0 Å². The molecule has 0 bridgehead atoms. The van der Waals surface area contributed by atoms with Crippen LogP contribution < -0.4 is 15.9 Å². The Kier molecular flexibility index (Phi) is 4.70. The number of carbonyl (C=O) groups excluding carboxylic acids is 1. The largest absolute Gasteiger partial charge is 0.335 e. The van der Waals surface area contributed by atoms with E-state index in [1.807, 2.05) is 29.3 Å². The van der Waals surface area contributed by atoms with Gasteiger partial charge in [0.1, 0.15) is 0 Å². The predicted octanol–water partition coefficient (Wildman–Crippen LogP) is -0.139. The number of nitrogens with zero attached hydrogens (tertiary/aromatic N) is 3. The lowest BCUT2D eigenvalue weighted by Crippen LogP contribution is -3.12. The number of amides is 1. The molecular formula is C20H22N5O2+. The van der Waals surface area contributed by atoms with Gasteiger partial charge in [-0.1, -0.05) is 36.4 Å². The normalized spacial score (nSPS) is 15.7. The maximum Gasteiger partial charge on any atom is 0.286 e. The van der Waals surface area contributed by atoms with Gasteiger partial charge in [0.2, 0.25) is 0 Å². The van der Waals surface area contributed by atoms with Crippen molar-refractivity contribution >= 4 is 16.7 Å². The number of likely N-dealkylation sites (N-methyl/N-ethyl adjacent to an activating group) is 1. The molecule has 1 amide bonds. The highest BCUT2D eigenvalue weighted by molar-refractivity contribution is 6.04. The molecule has 2 heterocycles. The molecule has 4 rings (SSSR count). The van der Waals surface area contributed by atoms with Crippen LogP contribution in [-0.2, 0) is 0 Å². The second-order valence-electron chi connectivity index (χ2n) is 6.83. The van der Waals surface area contributed by atoms with Gasteiger partial charge in [-0.3, -0.25) is 15.0 Å². The molecule has 0 unspecified atom stereocenters. The summed E-state index contributed by atoms with van der Waals surface area (Å²) in [6.45, 7) is 3.51. The van der Waals surface area contributed by atoms with Crippen molar-refractivity contribution in [1.82, 2.24) is 20.2 Å². The Morgan fingerprint density at radius 3 is 2.33 bits per heavy atom. The second-order valence-corrected chi connectivity index (χ2v) is 6.83. The molecule has 0 spiro atoms. The Bertz CT molecular complexity index is 1020. The van der Waals surface area contributed by atoms with E-state index in [-0.39, 0.29) is 17.2 Å². The molecule has 3 aromatic rings. The Balaban J connectivity index is 1.76. The second kappa shape index (κ2) is 7.30. The minimum absolute atomic E-state index is 0.239. The van der Waals surface area contributed by atoms with Gasteiger partial charge < -0.3 is 4.90 Å². The quantitative estimate of drug-likeness (QED) is 0.679. The van der Waals surface area contributed by atoms with Crippen molar-refractivity contribution in [2.24, 2.45) is 0 Å². The molecule has 1 saturated heterocycles. The molecule has 0 aliphatic carbocycles. The van der Waals surface area contributed by atoms with Gasteiger partial charge in [-0.2, -0.15) is 9.78 Å². The number of quaternary nitrogens is 1. The van der Waals surface area contributed by atoms with Crippen LogP contribution in [0, 0.1) is 0 Å². The summed E-state index contributed by atoms with van der Waals surface area (Å²) >= 11 is 0. The molecule has 1 aliphatic rings. The molecule has 2 N–H and O–H groups in total. The fourth-order valence-electron chi connectivity index (χ4n) is 3.30. The monoisotopic (exact) mass is 364 g/mol. The first-order valence-electron chi connectivity index (χ1n) is 9.08. The molecular weight excluding hydrogens is 342 g/mol. The van der Waals surface area contributed by atoms with Gasteiger partial charge in [-0.05, 0) is 18.2 Å². The van der Waals surface area contributed by atoms with Gasteiger partial charge in [0.25, 0.3) is 11.5 Å². The van der Waals surface area contributed by atoms with Gasteiger partial charge in [-0.25, -0.2) is 5.01 Å². The summed E-state index contributed by atoms with van der Waals surface area (Å²) in [7, 11) is 2.14. The summed E-state index contributed by atoms with van der Waals surface area (Å²) in [5.41, 5.74) is 3.59. The maximum atomic E-state index is 13.0. The Morgan fingerprint density at radius 2 is 1.63 bits per heavy atom. The molecule has 1 fully saturated rings. The Morgan fingerprint density at radius 1 is 1.00 bits per heavy atom. The van der Waals surface area contributed by atoms with E-state index in [0.29, 0.717) is 16.5 Å². The van der Waals surface area contributed by atoms with E-state index >= 15 is 0 Å². The van der Waals surface area contributed by atoms with Crippen molar-refractivity contribution in [2.45, 2.75) is 0 Å². The van der Waals surface area contributed by atoms with Crippen LogP contribution in [0.1, 0.15) is 10.5 Å². The summed E-state index contributed by atoms with van der Waals surface area (Å²) in [5, 5.41) is 7.37. The number of nitrogens with one attached hydrogen (secondary N) is 2. The number of rotatable bonds is 3. The Labute approximate surface area is 156 Å². The molecule has 7 heteroatoms. The standard InChI is InChI=1S/C20H21N5O2/c1-23-11-13-24(14-12-23)22-19(26)18-16-9-5-6-10-17(16)20(27)25(21-18)15-7-3-2-4-8-15/h2-10H,11-14H2,1H3,(H,22,26)/p+1. The van der Waals surface area contributed by atoms with Crippen molar-refractivity contribution in [1.29, 1.82) is 0 Å². The first-order chi connectivity index (χ1) is 13.1. The van der Waals surface area contributed by atoms with E-state index in [2.05, 4.69) is 17.6 Å². The van der Waals surface area contributed by atoms with Gasteiger partial charge >= 0.3 is 0 Å². The molecule has 138 valence electrons. The molecule has 0 radical (unpaired) electrons. The lowest BCUT2D eigenvalue weighted by molar-refractivity contribution is -0.884. The molecule has 1 aliphatic heterocycles. The number of hydrogen-bond donors (Lipinski definition) is 2. The average molecular weight is 364 g/mol. The highest BCUT2D eigenvalue weighted by Crippen LogP contribution is 2.15. The molecule has 27 heavy (non-hydrogen) atoms. The number of piperazine rings is 1. The molecule has 0 atom stereocenters. The number of para-hydroxylation sites is 1. The van der Waals surface area contributed by atoms with Gasteiger partial charge in [0, 0.05) is 5.39 Å². The van der Waals surface area contributed by atoms with E-state index in [0.717, 1.165) is 26.2 Å². The number of fused-ring (bicyclic) bond motifs is 1. The van der Waals surface area contributed by atoms with Gasteiger partial charge in [0.15, 0.2) is 5.69 Å². The van der Waals surface area contributed by atoms with Crippen LogP contribution in [0.4, 0.5) is 0 Å². The van der Waals surface area contributed by atoms with Gasteiger partial charge in [-0.15, -0.1) is 0 Å². The zero-order valence-corrected chi connectivity index (χ0v) is 15.2. The van der Waals surface area contributed by atoms with E-state index in [4.69, 9.17) is 0 Å². The van der Waals surface area contributed by atoms with Crippen LogP contribution in [0.2, 0.25) is 0 Å². The van der Waals surface area contributed by atoms with Gasteiger partial charge in [0.05, 0.1) is 44.3 Å². The highest BCUT2D eigenvalue weighted by atomic mass is 16.2. The summed E-state index contributed by atoms with van der Waals surface area (Å²) in [4.78, 5) is 27.3. The number of benzene rings is 2. The zero-order valence-electron chi connectivity index (χ0n) is 15.2. The van der Waals surface area contributed by atoms with Crippen LogP contribution in [-0.4, -0.2) is 53.9 Å². The van der Waals surface area contributed by atoms with E-state index in [1.165, 1.54) is 9.58 Å². The van der Waals surface area contributed by atoms with Crippen molar-refractivity contribution < 1.29 is 9.69 Å². The third-order valence-electron chi connectivity index (χ3n) is 4.90. The third-order valence-corrected chi connectivity index (χ3v) is 4.90. The minimum Gasteiger partial charge on any atom is -0.335 e. The third kappa shape index (κ3) is 3.47. The van der Waals surface area contributed by atoms with Crippen molar-refractivity contribution in [3.05, 3.63) is 70.6 Å². The van der Waals surface area contributed by atoms with Crippen LogP contribution in [0.15, 0.2) is 59.4 Å². The average Bonchev–Trinajstić information content (AvgIpc) is 2.71. The van der Waals surface area contributed by atoms with E-state index < -0.39 is 0 Å². The molecule has 7 nitrogen and oxygen atoms in total. The minimum atomic E-state index is -0.296. The molecule has 2 aromatic carbocycles. The predicted molar refractivity (Wildman–Crippen MR) is 103 cm³/mol. The lowest BCUT2D eigenvalue weighted by atomic mass is 10.1. The summed E-state index contributed by atoms with van der Waals surface area (Å²) in [6, 6.07) is 16.3. The van der Waals surface area contributed by atoms with Crippen molar-refractivity contribution in [2.75, 3.05) is 33.2 Å². The molecule has 1 aromatic heterocycles. The smallest absolute Gasteiger partial charge is 0.286 e. The number of aromatic nitrogens is 2. The van der Waals surface area contributed by atoms with Crippen molar-refractivity contribution in [3.63, 3.8) is 0 Å². The fraction of sp³-hybridized carbons (Fsp3) is 0.250. The SMILES string of the molecule is C[NH+]1CCN(NC(=O)c2nn(-c3ccccc3)c(=O)c3ccccc23)CC1. The number of hydrogen-bond acceptors (Lipinski definition) is 4. The summed E-state index contributed by atoms with van der Waals surface area (Å²) in [5.74, 6) is -0.296. The number of hydrazine groups is 1. The first-order valence-corrected chi connectivity index (χ1v) is 9.08. The van der Waals surface area contributed by atoms with E-state index in [1.54, 1.807) is 30.3 Å². The molecule has 0 saturated carbocycles. The van der Waals surface area contributed by atoms with Crippen LogP contribution in [0.3, 0.4) is 0 Å². The zero-order chi connectivity index (χ0) is 18.8. The summed E-state index contributed by atoms with van der Waals surface area (Å²) in [6.07, 6.45) is 0. The van der Waals surface area contributed by atoms with Crippen LogP contribution in [0.5, 0.6) is 0 Å². The van der Waals surface area contributed by atoms with Crippen molar-refractivity contribution in [3.8, 4) is 5.69 Å². The fourth-order valence-corrected chi connectivity index (χ4v) is 3.30. The number of carbonyl (C=O) groups is 1. The first kappa shape index (κ1) is 17.4. The topological polar surface area (TPSA) is 71.7 Å². The lowest BCUT2D eigenvalue weighted by Gasteiger charge is -2.30. The Hall–Kier alpha value is -3.03. The highest BCUT2D eigenvalue weighted by Gasteiger charge is 2.22. The van der Waals surface area contributed by atoms with Crippen LogP contribution in [0.25, 0.3) is 16.5 Å².